The van der Waals surface area contributed by atoms with Crippen LogP contribution in [0.15, 0.2) is 36.7 Å². The van der Waals surface area contributed by atoms with Crippen LogP contribution in [0.1, 0.15) is 31.0 Å². The summed E-state index contributed by atoms with van der Waals surface area (Å²) in [6.45, 7) is 4.90. The van der Waals surface area contributed by atoms with Crippen molar-refractivity contribution < 1.29 is 14.3 Å². The number of ether oxygens (including phenoxy) is 1. The van der Waals surface area contributed by atoms with Crippen LogP contribution in [0.25, 0.3) is 5.78 Å². The van der Waals surface area contributed by atoms with E-state index in [9.17, 15) is 9.59 Å². The smallest absolute Gasteiger partial charge is 0.254 e. The number of carbonyl (C=O) groups excluding carboxylic acids is 2. The lowest BCUT2D eigenvalue weighted by Crippen LogP contribution is -2.52. The summed E-state index contributed by atoms with van der Waals surface area (Å²) in [4.78, 5) is 35.6. The molecule has 3 aromatic rings. The van der Waals surface area contributed by atoms with E-state index >= 15 is 0 Å². The van der Waals surface area contributed by atoms with E-state index in [2.05, 4.69) is 30.6 Å². The summed E-state index contributed by atoms with van der Waals surface area (Å²) in [5.74, 6) is 1.84. The van der Waals surface area contributed by atoms with Crippen LogP contribution in [0.5, 0.6) is 5.75 Å². The molecule has 1 saturated heterocycles. The minimum atomic E-state index is -0.648. The highest BCUT2D eigenvalue weighted by Gasteiger charge is 2.27. The van der Waals surface area contributed by atoms with Crippen molar-refractivity contribution in [2.75, 3.05) is 25.1 Å². The van der Waals surface area contributed by atoms with Gasteiger partial charge in [-0.05, 0) is 37.5 Å². The molecule has 4 rings (SSSR count). The lowest BCUT2D eigenvalue weighted by atomic mass is 10.0. The number of amides is 2. The third kappa shape index (κ3) is 5.39. The summed E-state index contributed by atoms with van der Waals surface area (Å²) in [5.41, 5.74) is 1.81. The summed E-state index contributed by atoms with van der Waals surface area (Å²) in [6.07, 6.45) is 3.47. The molecule has 2 aromatic heterocycles. The SMILES string of the molecule is COc1cccc(CC(NC(C)=O)C(=O)NC2CCN(c3cc(C)nc4ncnn34)CC2)c1. The molecule has 1 aliphatic rings. The van der Waals surface area contributed by atoms with Gasteiger partial charge in [0.1, 0.15) is 23.9 Å². The number of hydrogen-bond donors (Lipinski definition) is 2. The Labute approximate surface area is 192 Å². The van der Waals surface area contributed by atoms with Crippen molar-refractivity contribution in [2.24, 2.45) is 0 Å². The molecule has 10 nitrogen and oxygen atoms in total. The minimum absolute atomic E-state index is 0.0319. The van der Waals surface area contributed by atoms with Crippen LogP contribution >= 0.6 is 0 Å². The number of methoxy groups -OCH3 is 1. The largest absolute Gasteiger partial charge is 0.497 e. The second kappa shape index (κ2) is 9.85. The standard InChI is InChI=1S/C23H29N7O3/c1-15-11-21(30-23(26-15)24-14-25-30)29-9-7-18(8-10-29)28-22(32)20(27-16(2)31)13-17-5-4-6-19(12-17)33-3/h4-6,11-12,14,18,20H,7-10,13H2,1-3H3,(H,27,31)(H,28,32). The predicted molar refractivity (Wildman–Crippen MR) is 123 cm³/mol. The average Bonchev–Trinajstić information content (AvgIpc) is 3.27. The molecule has 1 fully saturated rings. The summed E-state index contributed by atoms with van der Waals surface area (Å²) in [6, 6.07) is 8.91. The van der Waals surface area contributed by atoms with Crippen molar-refractivity contribution in [2.45, 2.75) is 45.2 Å². The highest BCUT2D eigenvalue weighted by molar-refractivity contribution is 5.87. The number of anilines is 1. The maximum absolute atomic E-state index is 13.0. The second-order valence-corrected chi connectivity index (χ2v) is 8.31. The van der Waals surface area contributed by atoms with E-state index < -0.39 is 6.04 Å². The van der Waals surface area contributed by atoms with Crippen LogP contribution in [-0.4, -0.2) is 63.7 Å². The predicted octanol–water partition coefficient (Wildman–Crippen LogP) is 1.27. The molecule has 0 spiro atoms. The molecule has 0 saturated carbocycles. The monoisotopic (exact) mass is 451 g/mol. The van der Waals surface area contributed by atoms with E-state index in [0.29, 0.717) is 12.2 Å². The third-order valence-corrected chi connectivity index (χ3v) is 5.79. The first-order valence-corrected chi connectivity index (χ1v) is 11.1. The number of hydrogen-bond acceptors (Lipinski definition) is 7. The number of nitrogens with zero attached hydrogens (tertiary/aromatic N) is 5. The van der Waals surface area contributed by atoms with Gasteiger partial charge in [0.05, 0.1) is 7.11 Å². The number of fused-ring (bicyclic) bond motifs is 1. The first kappa shape index (κ1) is 22.5. The van der Waals surface area contributed by atoms with Gasteiger partial charge in [0.25, 0.3) is 5.78 Å². The highest BCUT2D eigenvalue weighted by atomic mass is 16.5. The lowest BCUT2D eigenvalue weighted by Gasteiger charge is -2.34. The molecule has 0 radical (unpaired) electrons. The van der Waals surface area contributed by atoms with Crippen LogP contribution in [0.4, 0.5) is 5.82 Å². The first-order chi connectivity index (χ1) is 15.9. The quantitative estimate of drug-likeness (QED) is 0.556. The maximum Gasteiger partial charge on any atom is 0.254 e. The van der Waals surface area contributed by atoms with Gasteiger partial charge < -0.3 is 20.3 Å². The summed E-state index contributed by atoms with van der Waals surface area (Å²) < 4.78 is 7.01. The van der Waals surface area contributed by atoms with Gasteiger partial charge in [-0.1, -0.05) is 12.1 Å². The van der Waals surface area contributed by atoms with Gasteiger partial charge in [-0.15, -0.1) is 0 Å². The van der Waals surface area contributed by atoms with Gasteiger partial charge in [-0.25, -0.2) is 4.98 Å². The zero-order valence-corrected chi connectivity index (χ0v) is 19.1. The van der Waals surface area contributed by atoms with Crippen LogP contribution in [-0.2, 0) is 16.0 Å². The third-order valence-electron chi connectivity index (χ3n) is 5.79. The Bertz CT molecular complexity index is 1140. The average molecular weight is 452 g/mol. The van der Waals surface area contributed by atoms with Gasteiger partial charge in [-0.2, -0.15) is 14.6 Å². The molecule has 33 heavy (non-hydrogen) atoms. The summed E-state index contributed by atoms with van der Waals surface area (Å²) >= 11 is 0. The maximum atomic E-state index is 13.0. The van der Waals surface area contributed by atoms with Gasteiger partial charge in [0, 0.05) is 44.2 Å². The molecule has 1 unspecified atom stereocenters. The molecule has 174 valence electrons. The van der Waals surface area contributed by atoms with Gasteiger partial charge in [0.15, 0.2) is 0 Å². The molecule has 10 heteroatoms. The normalized spacial score (nSPS) is 15.3. The number of piperidine rings is 1. The molecule has 3 heterocycles. The minimum Gasteiger partial charge on any atom is -0.497 e. The molecule has 2 N–H and O–H groups in total. The number of nitrogens with one attached hydrogen (secondary N) is 2. The zero-order valence-electron chi connectivity index (χ0n) is 19.1. The molecule has 0 aliphatic carbocycles. The Morgan fingerprint density at radius 3 is 2.76 bits per heavy atom. The molecular formula is C23H29N7O3. The number of carbonyl (C=O) groups is 2. The number of benzene rings is 1. The Hall–Kier alpha value is -3.69. The zero-order chi connectivity index (χ0) is 23.4. The molecule has 2 amide bonds. The number of aromatic nitrogens is 4. The van der Waals surface area contributed by atoms with Crippen molar-refractivity contribution in [3.05, 3.63) is 47.9 Å². The van der Waals surface area contributed by atoms with E-state index in [4.69, 9.17) is 4.74 Å². The Morgan fingerprint density at radius 1 is 1.24 bits per heavy atom. The van der Waals surface area contributed by atoms with E-state index in [1.54, 1.807) is 11.6 Å². The number of rotatable bonds is 7. The van der Waals surface area contributed by atoms with Crippen LogP contribution < -0.4 is 20.3 Å². The van der Waals surface area contributed by atoms with Crippen LogP contribution in [0.2, 0.25) is 0 Å². The van der Waals surface area contributed by atoms with E-state index in [-0.39, 0.29) is 17.9 Å². The van der Waals surface area contributed by atoms with Crippen molar-refractivity contribution in [3.8, 4) is 5.75 Å². The van der Waals surface area contributed by atoms with Crippen molar-refractivity contribution in [3.63, 3.8) is 0 Å². The van der Waals surface area contributed by atoms with E-state index in [1.165, 1.54) is 13.3 Å². The van der Waals surface area contributed by atoms with Crippen molar-refractivity contribution >= 4 is 23.4 Å². The molecule has 1 aromatic carbocycles. The molecule has 1 atom stereocenters. The molecular weight excluding hydrogens is 422 g/mol. The first-order valence-electron chi connectivity index (χ1n) is 11.1. The van der Waals surface area contributed by atoms with Crippen LogP contribution in [0, 0.1) is 6.92 Å². The summed E-state index contributed by atoms with van der Waals surface area (Å²) in [7, 11) is 1.60. The fourth-order valence-corrected chi connectivity index (χ4v) is 4.18. The van der Waals surface area contributed by atoms with Gasteiger partial charge in [-0.3, -0.25) is 9.59 Å². The topological polar surface area (TPSA) is 114 Å². The van der Waals surface area contributed by atoms with Crippen molar-refractivity contribution in [1.29, 1.82) is 0 Å². The fourth-order valence-electron chi connectivity index (χ4n) is 4.18. The Balaban J connectivity index is 1.39. The van der Waals surface area contributed by atoms with Crippen LogP contribution in [0.3, 0.4) is 0 Å². The van der Waals surface area contributed by atoms with Gasteiger partial charge in [0.2, 0.25) is 11.8 Å². The fraction of sp³-hybridized carbons (Fsp3) is 0.435. The van der Waals surface area contributed by atoms with E-state index in [1.807, 2.05) is 37.3 Å². The highest BCUT2D eigenvalue weighted by Crippen LogP contribution is 2.21. The second-order valence-electron chi connectivity index (χ2n) is 8.31. The molecule has 1 aliphatic heterocycles. The van der Waals surface area contributed by atoms with Gasteiger partial charge >= 0.3 is 0 Å². The molecule has 0 bridgehead atoms. The Morgan fingerprint density at radius 2 is 2.03 bits per heavy atom. The summed E-state index contributed by atoms with van der Waals surface area (Å²) in [5, 5.41) is 10.2. The lowest BCUT2D eigenvalue weighted by molar-refractivity contribution is -0.128. The van der Waals surface area contributed by atoms with Crippen molar-refractivity contribution in [1.82, 2.24) is 30.2 Å². The Kier molecular flexibility index (Phi) is 6.71. The van der Waals surface area contributed by atoms with E-state index in [0.717, 1.165) is 48.8 Å². The number of aryl methyl sites for hydroxylation is 1.